The van der Waals surface area contributed by atoms with E-state index in [2.05, 4.69) is 9.44 Å². The number of nitro groups is 2. The fourth-order valence-corrected chi connectivity index (χ4v) is 5.67. The van der Waals surface area contributed by atoms with Crippen LogP contribution in [0.25, 0.3) is 11.1 Å². The quantitative estimate of drug-likeness (QED) is 0.182. The minimum absolute atomic E-state index is 0.00149. The second-order valence-corrected chi connectivity index (χ2v) is 10.9. The zero-order chi connectivity index (χ0) is 26.8. The number of sulfonamides is 2. The van der Waals surface area contributed by atoms with Crippen LogP contribution < -0.4 is 9.44 Å². The number of ketones is 1. The van der Waals surface area contributed by atoms with Gasteiger partial charge < -0.3 is 9.47 Å². The summed E-state index contributed by atoms with van der Waals surface area (Å²) in [4.78, 5) is 33.7. The molecule has 0 aromatic heterocycles. The zero-order valence-corrected chi connectivity index (χ0v) is 20.5. The molecule has 0 heterocycles. The van der Waals surface area contributed by atoms with Crippen molar-refractivity contribution in [3.8, 4) is 11.1 Å². The van der Waals surface area contributed by atoms with Crippen LogP contribution in [-0.4, -0.2) is 73.0 Å². The molecular weight excluding hydrogens is 524 g/mol. The highest BCUT2D eigenvalue weighted by molar-refractivity contribution is 7.89. The molecule has 0 unspecified atom stereocenters. The molecule has 0 atom stereocenters. The molecule has 0 saturated carbocycles. The predicted octanol–water partition coefficient (Wildman–Crippen LogP) is 0.564. The highest BCUT2D eigenvalue weighted by atomic mass is 32.2. The van der Waals surface area contributed by atoms with E-state index in [4.69, 9.17) is 9.47 Å². The summed E-state index contributed by atoms with van der Waals surface area (Å²) in [6.45, 7) is -0.335. The number of hydrogen-bond acceptors (Lipinski definition) is 11. The van der Waals surface area contributed by atoms with E-state index >= 15 is 0 Å². The van der Waals surface area contributed by atoms with Gasteiger partial charge in [-0.25, -0.2) is 26.3 Å². The van der Waals surface area contributed by atoms with E-state index in [-0.39, 0.29) is 26.3 Å². The summed E-state index contributed by atoms with van der Waals surface area (Å²) in [7, 11) is -6.00. The first-order valence-corrected chi connectivity index (χ1v) is 13.0. The average Bonchev–Trinajstić information content (AvgIpc) is 3.10. The number of carbonyl (C=O) groups excluding carboxylic acids is 1. The number of nitro benzene ring substituents is 2. The molecule has 36 heavy (non-hydrogen) atoms. The Morgan fingerprint density at radius 2 is 1.11 bits per heavy atom. The van der Waals surface area contributed by atoms with Crippen LogP contribution in [0.1, 0.15) is 15.9 Å². The fourth-order valence-electron chi connectivity index (χ4n) is 3.55. The fraction of sp³-hybridized carbons (Fsp3) is 0.316. The standard InChI is InChI=1S/C19H20N4O11S2/c1-33-5-3-20-35(29,30)11-7-13-17(15(9-11)22(25)26)18-14(19(13)24)8-12(10-16(18)23(27)28)36(31,32)21-4-6-34-2/h7-10,20-21H,3-6H2,1-2H3. The lowest BCUT2D eigenvalue weighted by atomic mass is 10.0. The molecule has 2 N–H and O–H groups in total. The van der Waals surface area contributed by atoms with E-state index in [0.717, 1.165) is 12.1 Å². The monoisotopic (exact) mass is 544 g/mol. The van der Waals surface area contributed by atoms with E-state index in [9.17, 15) is 41.9 Å². The molecule has 0 aliphatic heterocycles. The molecule has 194 valence electrons. The van der Waals surface area contributed by atoms with Gasteiger partial charge in [-0.05, 0) is 12.1 Å². The van der Waals surface area contributed by atoms with Gasteiger partial charge in [-0.15, -0.1) is 0 Å². The highest BCUT2D eigenvalue weighted by Crippen LogP contribution is 2.48. The third-order valence-corrected chi connectivity index (χ3v) is 8.01. The van der Waals surface area contributed by atoms with Crippen molar-refractivity contribution in [3.05, 3.63) is 55.6 Å². The molecule has 2 aromatic carbocycles. The van der Waals surface area contributed by atoms with E-state index < -0.39 is 79.1 Å². The Hall–Kier alpha value is -3.35. The number of rotatable bonds is 12. The van der Waals surface area contributed by atoms with Gasteiger partial charge in [0.25, 0.3) is 11.4 Å². The minimum atomic E-state index is -4.33. The van der Waals surface area contributed by atoms with E-state index in [0.29, 0.717) is 12.1 Å². The largest absolute Gasteiger partial charge is 0.383 e. The topological polar surface area (TPSA) is 214 Å². The number of nitrogens with one attached hydrogen (secondary N) is 2. The van der Waals surface area contributed by atoms with E-state index in [1.807, 2.05) is 0 Å². The predicted molar refractivity (Wildman–Crippen MR) is 123 cm³/mol. The van der Waals surface area contributed by atoms with Gasteiger partial charge in [0.2, 0.25) is 20.0 Å². The summed E-state index contributed by atoms with van der Waals surface area (Å²) in [6.07, 6.45) is 0. The van der Waals surface area contributed by atoms with Crippen LogP contribution in [0, 0.1) is 20.2 Å². The van der Waals surface area contributed by atoms with Crippen LogP contribution in [0.4, 0.5) is 11.4 Å². The Morgan fingerprint density at radius 1 is 0.750 bits per heavy atom. The van der Waals surface area contributed by atoms with Gasteiger partial charge in [0, 0.05) is 50.6 Å². The van der Waals surface area contributed by atoms with Crippen molar-refractivity contribution >= 4 is 37.2 Å². The first-order chi connectivity index (χ1) is 16.9. The summed E-state index contributed by atoms with van der Waals surface area (Å²) in [5, 5.41) is 23.7. The first kappa shape index (κ1) is 27.2. The first-order valence-electron chi connectivity index (χ1n) is 10.0. The second kappa shape index (κ2) is 10.3. The maximum atomic E-state index is 13.2. The van der Waals surface area contributed by atoms with Crippen molar-refractivity contribution in [2.24, 2.45) is 0 Å². The van der Waals surface area contributed by atoms with E-state index in [1.165, 1.54) is 14.2 Å². The van der Waals surface area contributed by atoms with Gasteiger partial charge in [-0.2, -0.15) is 0 Å². The molecule has 0 saturated heterocycles. The molecule has 2 aromatic rings. The molecule has 1 aliphatic rings. The molecule has 15 nitrogen and oxygen atoms in total. The molecule has 0 spiro atoms. The molecular formula is C19H20N4O11S2. The van der Waals surface area contributed by atoms with E-state index in [1.54, 1.807) is 0 Å². The van der Waals surface area contributed by atoms with Gasteiger partial charge in [0.05, 0.1) is 44.0 Å². The zero-order valence-electron chi connectivity index (χ0n) is 18.8. The van der Waals surface area contributed by atoms with Crippen molar-refractivity contribution in [2.45, 2.75) is 9.79 Å². The van der Waals surface area contributed by atoms with Crippen LogP contribution >= 0.6 is 0 Å². The highest BCUT2D eigenvalue weighted by Gasteiger charge is 2.41. The van der Waals surface area contributed by atoms with Crippen molar-refractivity contribution in [2.75, 3.05) is 40.5 Å². The summed E-state index contributed by atoms with van der Waals surface area (Å²) >= 11 is 0. The number of nitrogens with zero attached hydrogens (tertiary/aromatic N) is 2. The maximum absolute atomic E-state index is 13.2. The lowest BCUT2D eigenvalue weighted by Gasteiger charge is -2.10. The second-order valence-electron chi connectivity index (χ2n) is 7.35. The Kier molecular flexibility index (Phi) is 7.82. The summed E-state index contributed by atoms with van der Waals surface area (Å²) < 4.78 is 64.4. The molecule has 0 fully saturated rings. The third kappa shape index (κ3) is 5.11. The minimum Gasteiger partial charge on any atom is -0.383 e. The van der Waals surface area contributed by atoms with Crippen LogP contribution in [0.15, 0.2) is 34.1 Å². The van der Waals surface area contributed by atoms with Crippen molar-refractivity contribution in [1.29, 1.82) is 0 Å². The SMILES string of the molecule is COCCNS(=O)(=O)c1cc2c(c([N+](=O)[O-])c1)-c1c(cc(S(=O)(=O)NCCOC)cc1[N+](=O)[O-])C2=O. The molecule has 0 bridgehead atoms. The number of benzene rings is 2. The van der Waals surface area contributed by atoms with Crippen molar-refractivity contribution in [3.63, 3.8) is 0 Å². The Labute approximate surface area is 204 Å². The third-order valence-electron chi connectivity index (χ3n) is 5.13. The molecule has 1 aliphatic carbocycles. The average molecular weight is 545 g/mol. The lowest BCUT2D eigenvalue weighted by molar-refractivity contribution is -0.386. The molecule has 0 radical (unpaired) electrons. The smallest absolute Gasteiger partial charge is 0.279 e. The molecule has 3 rings (SSSR count). The Morgan fingerprint density at radius 3 is 1.42 bits per heavy atom. The van der Waals surface area contributed by atoms with Crippen molar-refractivity contribution in [1.82, 2.24) is 9.44 Å². The molecule has 17 heteroatoms. The van der Waals surface area contributed by atoms with Gasteiger partial charge in [-0.3, -0.25) is 25.0 Å². The Balaban J connectivity index is 2.25. The lowest BCUT2D eigenvalue weighted by Crippen LogP contribution is -2.27. The maximum Gasteiger partial charge on any atom is 0.279 e. The van der Waals surface area contributed by atoms with Crippen LogP contribution in [0.2, 0.25) is 0 Å². The molecule has 0 amide bonds. The normalized spacial score (nSPS) is 12.9. The number of carbonyl (C=O) groups is 1. The van der Waals surface area contributed by atoms with Gasteiger partial charge >= 0.3 is 0 Å². The van der Waals surface area contributed by atoms with Gasteiger partial charge in [0.1, 0.15) is 0 Å². The van der Waals surface area contributed by atoms with Crippen LogP contribution in [0.3, 0.4) is 0 Å². The number of methoxy groups -OCH3 is 2. The summed E-state index contributed by atoms with van der Waals surface area (Å²) in [5.41, 5.74) is -3.67. The van der Waals surface area contributed by atoms with Crippen LogP contribution in [-0.2, 0) is 29.5 Å². The van der Waals surface area contributed by atoms with Gasteiger partial charge in [-0.1, -0.05) is 0 Å². The number of hydrogen-bond donors (Lipinski definition) is 2. The number of fused-ring (bicyclic) bond motifs is 3. The van der Waals surface area contributed by atoms with Crippen LogP contribution in [0.5, 0.6) is 0 Å². The van der Waals surface area contributed by atoms with Gasteiger partial charge in [0.15, 0.2) is 5.78 Å². The summed E-state index contributed by atoms with van der Waals surface area (Å²) in [5.74, 6) is -1.01. The Bertz CT molecular complexity index is 1360. The van der Waals surface area contributed by atoms with Crippen molar-refractivity contribution < 1.29 is 41.0 Å². The number of ether oxygens (including phenoxy) is 2. The summed E-state index contributed by atoms with van der Waals surface area (Å²) in [6, 6.07) is 3.07.